The Balaban J connectivity index is 2.36. The fourth-order valence-corrected chi connectivity index (χ4v) is 1.81. The standard InChI is InChI=1S/C13H14F2O2/c1-2-17-11-6-5-10(12(14)13(11)15)9-4-3-7-16-8-9/h5-6,8H,2-4,7H2,1H3. The van der Waals surface area contributed by atoms with Crippen molar-refractivity contribution in [3.63, 3.8) is 0 Å². The number of benzene rings is 1. The van der Waals surface area contributed by atoms with Gasteiger partial charge in [-0.25, -0.2) is 4.39 Å². The molecule has 1 aliphatic heterocycles. The van der Waals surface area contributed by atoms with Crippen molar-refractivity contribution in [1.82, 2.24) is 0 Å². The maximum atomic E-state index is 13.8. The Morgan fingerprint density at radius 1 is 1.29 bits per heavy atom. The van der Waals surface area contributed by atoms with E-state index in [-0.39, 0.29) is 11.3 Å². The molecule has 1 aromatic rings. The van der Waals surface area contributed by atoms with E-state index < -0.39 is 11.6 Å². The quantitative estimate of drug-likeness (QED) is 0.804. The third-order valence-corrected chi connectivity index (χ3v) is 2.63. The number of ether oxygens (including phenoxy) is 2. The lowest BCUT2D eigenvalue weighted by Gasteiger charge is -2.15. The second-order valence-electron chi connectivity index (χ2n) is 3.79. The Morgan fingerprint density at radius 2 is 2.12 bits per heavy atom. The summed E-state index contributed by atoms with van der Waals surface area (Å²) in [4.78, 5) is 0. The number of hydrogen-bond donors (Lipinski definition) is 0. The van der Waals surface area contributed by atoms with Gasteiger partial charge >= 0.3 is 0 Å². The van der Waals surface area contributed by atoms with Crippen LogP contribution < -0.4 is 4.74 Å². The lowest BCUT2D eigenvalue weighted by atomic mass is 10.0. The van der Waals surface area contributed by atoms with Crippen LogP contribution in [-0.4, -0.2) is 13.2 Å². The van der Waals surface area contributed by atoms with E-state index in [0.29, 0.717) is 25.2 Å². The van der Waals surface area contributed by atoms with Crippen LogP contribution in [0.5, 0.6) is 5.75 Å². The maximum absolute atomic E-state index is 13.8. The SMILES string of the molecule is CCOc1ccc(C2=COCCC2)c(F)c1F. The molecule has 0 radical (unpaired) electrons. The highest BCUT2D eigenvalue weighted by Gasteiger charge is 2.18. The molecule has 1 heterocycles. The molecule has 1 aliphatic rings. The Kier molecular flexibility index (Phi) is 3.61. The van der Waals surface area contributed by atoms with Crippen molar-refractivity contribution in [3.8, 4) is 5.75 Å². The molecule has 4 heteroatoms. The number of hydrogen-bond acceptors (Lipinski definition) is 2. The van der Waals surface area contributed by atoms with E-state index in [9.17, 15) is 8.78 Å². The second kappa shape index (κ2) is 5.17. The van der Waals surface area contributed by atoms with E-state index in [1.807, 2.05) is 0 Å². The summed E-state index contributed by atoms with van der Waals surface area (Å²) in [6, 6.07) is 2.98. The molecule has 0 amide bonds. The molecular weight excluding hydrogens is 226 g/mol. The molecule has 92 valence electrons. The Bertz CT molecular complexity index is 441. The zero-order valence-electron chi connectivity index (χ0n) is 9.63. The lowest BCUT2D eigenvalue weighted by molar-refractivity contribution is 0.235. The Morgan fingerprint density at radius 3 is 2.76 bits per heavy atom. The molecule has 2 nitrogen and oxygen atoms in total. The molecule has 0 fully saturated rings. The summed E-state index contributed by atoms with van der Waals surface area (Å²) >= 11 is 0. The second-order valence-corrected chi connectivity index (χ2v) is 3.79. The summed E-state index contributed by atoms with van der Waals surface area (Å²) < 4.78 is 37.6. The minimum absolute atomic E-state index is 0.0499. The average molecular weight is 240 g/mol. The van der Waals surface area contributed by atoms with Crippen LogP contribution in [0, 0.1) is 11.6 Å². The molecular formula is C13H14F2O2. The summed E-state index contributed by atoms with van der Waals surface area (Å²) in [5, 5.41) is 0. The third kappa shape index (κ3) is 2.40. The molecule has 0 saturated carbocycles. The molecule has 1 aromatic carbocycles. The number of rotatable bonds is 3. The number of allylic oxidation sites excluding steroid dienone is 1. The van der Waals surface area contributed by atoms with Crippen LogP contribution in [0.1, 0.15) is 25.3 Å². The third-order valence-electron chi connectivity index (χ3n) is 2.63. The van der Waals surface area contributed by atoms with Gasteiger partial charge in [0.2, 0.25) is 5.82 Å². The molecule has 0 saturated heterocycles. The van der Waals surface area contributed by atoms with Crippen molar-refractivity contribution in [1.29, 1.82) is 0 Å². The minimum atomic E-state index is -0.934. The van der Waals surface area contributed by atoms with Gasteiger partial charge in [0.1, 0.15) is 0 Å². The zero-order valence-corrected chi connectivity index (χ0v) is 9.63. The van der Waals surface area contributed by atoms with Crippen molar-refractivity contribution in [2.24, 2.45) is 0 Å². The average Bonchev–Trinajstić information content (AvgIpc) is 2.36. The summed E-state index contributed by atoms with van der Waals surface area (Å²) in [5.74, 6) is -1.85. The maximum Gasteiger partial charge on any atom is 0.201 e. The number of halogens is 2. The first-order chi connectivity index (χ1) is 8.24. The Hall–Kier alpha value is -1.58. The first-order valence-electron chi connectivity index (χ1n) is 5.66. The molecule has 0 bridgehead atoms. The van der Waals surface area contributed by atoms with Crippen LogP contribution in [0.2, 0.25) is 0 Å². The summed E-state index contributed by atoms with van der Waals surface area (Å²) in [6.45, 7) is 2.66. The highest BCUT2D eigenvalue weighted by molar-refractivity contribution is 5.66. The van der Waals surface area contributed by atoms with Gasteiger partial charge in [0.05, 0.1) is 19.5 Å². The van der Waals surface area contributed by atoms with Crippen LogP contribution in [0.25, 0.3) is 5.57 Å². The van der Waals surface area contributed by atoms with Gasteiger partial charge in [-0.1, -0.05) is 0 Å². The zero-order chi connectivity index (χ0) is 12.3. The van der Waals surface area contributed by atoms with Gasteiger partial charge in [0, 0.05) is 5.56 Å². The van der Waals surface area contributed by atoms with Crippen molar-refractivity contribution in [2.75, 3.05) is 13.2 Å². The van der Waals surface area contributed by atoms with Gasteiger partial charge in [-0.05, 0) is 37.5 Å². The molecule has 0 atom stereocenters. The van der Waals surface area contributed by atoms with Gasteiger partial charge in [-0.15, -0.1) is 0 Å². The van der Waals surface area contributed by atoms with Gasteiger partial charge in [-0.3, -0.25) is 0 Å². The van der Waals surface area contributed by atoms with Gasteiger partial charge in [-0.2, -0.15) is 4.39 Å². The van der Waals surface area contributed by atoms with Gasteiger partial charge in [0.15, 0.2) is 11.6 Å². The summed E-state index contributed by atoms with van der Waals surface area (Å²) in [7, 11) is 0. The normalized spacial score (nSPS) is 15.1. The van der Waals surface area contributed by atoms with E-state index in [1.165, 1.54) is 18.4 Å². The molecule has 0 aromatic heterocycles. The van der Waals surface area contributed by atoms with Crippen LogP contribution in [0.4, 0.5) is 8.78 Å². The molecule has 17 heavy (non-hydrogen) atoms. The first kappa shape index (κ1) is 11.9. The van der Waals surface area contributed by atoms with Crippen molar-refractivity contribution >= 4 is 5.57 Å². The molecule has 0 aliphatic carbocycles. The van der Waals surface area contributed by atoms with E-state index in [4.69, 9.17) is 9.47 Å². The fraction of sp³-hybridized carbons (Fsp3) is 0.385. The van der Waals surface area contributed by atoms with E-state index >= 15 is 0 Å². The summed E-state index contributed by atoms with van der Waals surface area (Å²) in [5.41, 5.74) is 0.946. The smallest absolute Gasteiger partial charge is 0.201 e. The van der Waals surface area contributed by atoms with E-state index in [1.54, 1.807) is 6.92 Å². The van der Waals surface area contributed by atoms with Crippen LogP contribution in [0.3, 0.4) is 0 Å². The van der Waals surface area contributed by atoms with Gasteiger partial charge in [0.25, 0.3) is 0 Å². The van der Waals surface area contributed by atoms with Crippen molar-refractivity contribution in [3.05, 3.63) is 35.6 Å². The topological polar surface area (TPSA) is 18.5 Å². The largest absolute Gasteiger partial charge is 0.501 e. The highest BCUT2D eigenvalue weighted by Crippen LogP contribution is 2.30. The van der Waals surface area contributed by atoms with Crippen molar-refractivity contribution < 1.29 is 18.3 Å². The van der Waals surface area contributed by atoms with Crippen LogP contribution >= 0.6 is 0 Å². The van der Waals surface area contributed by atoms with E-state index in [2.05, 4.69) is 0 Å². The molecule has 2 rings (SSSR count). The first-order valence-corrected chi connectivity index (χ1v) is 5.66. The minimum Gasteiger partial charge on any atom is -0.501 e. The fourth-order valence-electron chi connectivity index (χ4n) is 1.81. The van der Waals surface area contributed by atoms with Crippen LogP contribution in [0.15, 0.2) is 18.4 Å². The highest BCUT2D eigenvalue weighted by atomic mass is 19.2. The predicted octanol–water partition coefficient (Wildman–Crippen LogP) is 3.51. The van der Waals surface area contributed by atoms with Crippen LogP contribution in [-0.2, 0) is 4.74 Å². The predicted molar refractivity (Wildman–Crippen MR) is 60.7 cm³/mol. The van der Waals surface area contributed by atoms with Crippen molar-refractivity contribution in [2.45, 2.75) is 19.8 Å². The lowest BCUT2D eigenvalue weighted by Crippen LogP contribution is -2.03. The van der Waals surface area contributed by atoms with Gasteiger partial charge < -0.3 is 9.47 Å². The van der Waals surface area contributed by atoms with E-state index in [0.717, 1.165) is 6.42 Å². The molecule has 0 N–H and O–H groups in total. The Labute approximate surface area is 98.8 Å². The molecule has 0 spiro atoms. The molecule has 0 unspecified atom stereocenters. The monoisotopic (exact) mass is 240 g/mol. The summed E-state index contributed by atoms with van der Waals surface area (Å²) in [6.07, 6.45) is 3.02.